The molecule has 0 amide bonds. The van der Waals surface area contributed by atoms with E-state index >= 15 is 0 Å². The molecule has 8 rings (SSSR count). The Balaban J connectivity index is 1.56. The zero-order valence-corrected chi connectivity index (χ0v) is 26.4. The Kier molecular flexibility index (Phi) is 6.88. The first kappa shape index (κ1) is 28.4. The zero-order valence-electron chi connectivity index (χ0n) is 26.4. The van der Waals surface area contributed by atoms with Crippen molar-refractivity contribution in [3.8, 4) is 33.4 Å². The molecule has 0 saturated heterocycles. The van der Waals surface area contributed by atoms with Crippen LogP contribution in [0, 0.1) is 20.8 Å². The number of rotatable bonds is 4. The average Bonchev–Trinajstić information content (AvgIpc) is 3.91. The number of aldehydes is 1. The lowest BCUT2D eigenvalue weighted by Crippen LogP contribution is -1.90. The van der Waals surface area contributed by atoms with Crippen molar-refractivity contribution >= 4 is 52.7 Å². The van der Waals surface area contributed by atoms with Crippen LogP contribution < -0.4 is 0 Å². The third-order valence-corrected chi connectivity index (χ3v) is 8.93. The summed E-state index contributed by atoms with van der Waals surface area (Å²) in [5.41, 5.74) is 16.7. The maximum atomic E-state index is 12.6. The number of fused-ring (bicyclic) bond motifs is 8. The second kappa shape index (κ2) is 11.4. The Hall–Kier alpha value is -6.07. The molecule has 2 aliphatic heterocycles. The molecule has 2 N–H and O–H groups in total. The summed E-state index contributed by atoms with van der Waals surface area (Å²) in [4.78, 5) is 30.3. The van der Waals surface area contributed by atoms with E-state index in [9.17, 15) is 4.79 Å². The smallest absolute Gasteiger partial charge is 0.154 e. The number of carbonyl (C=O) groups is 1. The highest BCUT2D eigenvalue weighted by Crippen LogP contribution is 2.36. The molecule has 0 fully saturated rings. The van der Waals surface area contributed by atoms with Crippen molar-refractivity contribution < 1.29 is 4.79 Å². The normalized spacial score (nSPS) is 12.1. The topological polar surface area (TPSA) is 74.4 Å². The molecule has 0 saturated carbocycles. The standard InChI is InChI=1S/C42H32N4O/c1-25-4-10-28(11-5-25)40-34-18-16-32(43-34)31(24-47)33-17-19-35(44-33)41(29-12-6-26(2)7-13-29)37-21-23-39(46-37)42(38-22-20-36(40)45-38)30-14-8-27(3)9-15-30/h4-24,43,46H,1-3H3. The van der Waals surface area contributed by atoms with Crippen LogP contribution in [0.15, 0.2) is 97.1 Å². The van der Waals surface area contributed by atoms with Gasteiger partial charge in [-0.3, -0.25) is 4.79 Å². The lowest BCUT2D eigenvalue weighted by Gasteiger charge is -2.07. The van der Waals surface area contributed by atoms with Crippen molar-refractivity contribution in [2.75, 3.05) is 0 Å². The molecule has 0 aliphatic carbocycles. The summed E-state index contributed by atoms with van der Waals surface area (Å²) in [6.07, 6.45) is 8.99. The van der Waals surface area contributed by atoms with Gasteiger partial charge in [0.1, 0.15) is 0 Å². The molecule has 8 bridgehead atoms. The fraction of sp³-hybridized carbons (Fsp3) is 0.0714. The maximum absolute atomic E-state index is 12.6. The van der Waals surface area contributed by atoms with Gasteiger partial charge < -0.3 is 9.97 Å². The minimum Gasteiger partial charge on any atom is -0.354 e. The summed E-state index contributed by atoms with van der Waals surface area (Å²) in [6, 6.07) is 33.7. The van der Waals surface area contributed by atoms with Crippen LogP contribution in [0.3, 0.4) is 0 Å². The Morgan fingerprint density at radius 1 is 0.426 bits per heavy atom. The van der Waals surface area contributed by atoms with Crippen LogP contribution >= 0.6 is 0 Å². The number of benzene rings is 3. The molecule has 3 aromatic heterocycles. The van der Waals surface area contributed by atoms with Crippen LogP contribution in [-0.2, 0) is 0 Å². The first-order chi connectivity index (χ1) is 22.9. The summed E-state index contributed by atoms with van der Waals surface area (Å²) < 4.78 is 0. The Labute approximate surface area is 273 Å². The number of nitrogens with one attached hydrogen (secondary N) is 2. The third kappa shape index (κ3) is 5.12. The van der Waals surface area contributed by atoms with Gasteiger partial charge in [0, 0.05) is 33.2 Å². The monoisotopic (exact) mass is 608 g/mol. The molecule has 0 atom stereocenters. The van der Waals surface area contributed by atoms with Gasteiger partial charge in [0.2, 0.25) is 0 Å². The van der Waals surface area contributed by atoms with Gasteiger partial charge in [-0.15, -0.1) is 0 Å². The number of hydrogen-bond acceptors (Lipinski definition) is 3. The van der Waals surface area contributed by atoms with E-state index in [1.54, 1.807) is 0 Å². The Morgan fingerprint density at radius 3 is 1.13 bits per heavy atom. The molecule has 0 unspecified atom stereocenters. The van der Waals surface area contributed by atoms with Gasteiger partial charge >= 0.3 is 0 Å². The Bertz CT molecular complexity index is 2380. The van der Waals surface area contributed by atoms with Gasteiger partial charge in [-0.05, 0) is 86.0 Å². The molecular formula is C42H32N4O. The van der Waals surface area contributed by atoms with E-state index < -0.39 is 0 Å². The molecule has 6 aromatic rings. The highest BCUT2D eigenvalue weighted by Gasteiger charge is 2.18. The van der Waals surface area contributed by atoms with Gasteiger partial charge in [0.15, 0.2) is 6.29 Å². The van der Waals surface area contributed by atoms with Crippen LogP contribution in [0.2, 0.25) is 0 Å². The number of carbonyl (C=O) groups excluding carboxylic acids is 1. The molecular weight excluding hydrogens is 576 g/mol. The molecule has 3 aromatic carbocycles. The second-order valence-corrected chi connectivity index (χ2v) is 12.3. The summed E-state index contributed by atoms with van der Waals surface area (Å²) in [5, 5.41) is 0. The maximum Gasteiger partial charge on any atom is 0.154 e. The molecule has 5 heteroatoms. The van der Waals surface area contributed by atoms with Crippen LogP contribution in [0.5, 0.6) is 0 Å². The van der Waals surface area contributed by atoms with Crippen molar-refractivity contribution in [3.63, 3.8) is 0 Å². The molecule has 2 aliphatic rings. The predicted octanol–water partition coefficient (Wildman–Crippen LogP) is 10.4. The van der Waals surface area contributed by atoms with Crippen LogP contribution in [0.1, 0.15) is 49.8 Å². The van der Waals surface area contributed by atoms with E-state index in [0.717, 1.165) is 73.3 Å². The van der Waals surface area contributed by atoms with Gasteiger partial charge in [0.25, 0.3) is 0 Å². The largest absolute Gasteiger partial charge is 0.354 e. The highest BCUT2D eigenvalue weighted by atomic mass is 16.1. The van der Waals surface area contributed by atoms with Crippen molar-refractivity contribution in [3.05, 3.63) is 142 Å². The van der Waals surface area contributed by atoms with Gasteiger partial charge in [-0.25, -0.2) is 9.97 Å². The number of H-pyrrole nitrogens is 2. The number of nitrogens with zero attached hydrogens (tertiary/aromatic N) is 2. The number of aryl methyl sites for hydroxylation is 3. The van der Waals surface area contributed by atoms with E-state index in [4.69, 9.17) is 9.97 Å². The van der Waals surface area contributed by atoms with E-state index in [1.165, 1.54) is 16.7 Å². The second-order valence-electron chi connectivity index (χ2n) is 12.3. The highest BCUT2D eigenvalue weighted by molar-refractivity contribution is 6.00. The molecule has 5 nitrogen and oxygen atoms in total. The SMILES string of the molecule is Cc1ccc(-c2c3nc(c(-c4ccc(C)cc4)c4ccc([nH]4)c(-c4ccc(C)cc4)c4nc(c(C=O)c5ccc2[nH]5)C=C4)C=C3)cc1. The first-order valence-corrected chi connectivity index (χ1v) is 15.8. The Morgan fingerprint density at radius 2 is 0.745 bits per heavy atom. The zero-order chi connectivity index (χ0) is 32.1. The third-order valence-electron chi connectivity index (χ3n) is 8.93. The number of aromatic nitrogens is 4. The van der Waals surface area contributed by atoms with Crippen LogP contribution in [0.25, 0.3) is 79.8 Å². The average molecular weight is 609 g/mol. The van der Waals surface area contributed by atoms with Crippen LogP contribution in [-0.4, -0.2) is 26.2 Å². The summed E-state index contributed by atoms with van der Waals surface area (Å²) in [6.45, 7) is 6.27. The van der Waals surface area contributed by atoms with Crippen LogP contribution in [0.4, 0.5) is 0 Å². The molecule has 226 valence electrons. The molecule has 0 radical (unpaired) electrons. The quantitative estimate of drug-likeness (QED) is 0.195. The number of aromatic amines is 2. The minimum absolute atomic E-state index is 0.499. The summed E-state index contributed by atoms with van der Waals surface area (Å²) in [7, 11) is 0. The van der Waals surface area contributed by atoms with Crippen molar-refractivity contribution in [2.24, 2.45) is 0 Å². The summed E-state index contributed by atoms with van der Waals surface area (Å²) in [5.74, 6) is 0. The van der Waals surface area contributed by atoms with Gasteiger partial charge in [0.05, 0.1) is 33.9 Å². The van der Waals surface area contributed by atoms with Gasteiger partial charge in [-0.2, -0.15) is 0 Å². The van der Waals surface area contributed by atoms with Gasteiger partial charge in [-0.1, -0.05) is 89.5 Å². The van der Waals surface area contributed by atoms with Crippen molar-refractivity contribution in [2.45, 2.75) is 20.8 Å². The minimum atomic E-state index is 0.499. The van der Waals surface area contributed by atoms with E-state index in [2.05, 4.69) is 128 Å². The molecule has 0 spiro atoms. The lowest BCUT2D eigenvalue weighted by atomic mass is 10.0. The lowest BCUT2D eigenvalue weighted by molar-refractivity contribution is 0.112. The molecule has 5 heterocycles. The number of hydrogen-bond donors (Lipinski definition) is 2. The predicted molar refractivity (Wildman–Crippen MR) is 195 cm³/mol. The summed E-state index contributed by atoms with van der Waals surface area (Å²) >= 11 is 0. The van der Waals surface area contributed by atoms with Crippen molar-refractivity contribution in [1.29, 1.82) is 0 Å². The van der Waals surface area contributed by atoms with Crippen molar-refractivity contribution in [1.82, 2.24) is 19.9 Å². The van der Waals surface area contributed by atoms with E-state index in [1.807, 2.05) is 24.3 Å². The fourth-order valence-corrected chi connectivity index (χ4v) is 6.42. The van der Waals surface area contributed by atoms with E-state index in [0.29, 0.717) is 16.8 Å². The first-order valence-electron chi connectivity index (χ1n) is 15.8. The fourth-order valence-electron chi connectivity index (χ4n) is 6.42. The van der Waals surface area contributed by atoms with E-state index in [-0.39, 0.29) is 0 Å². The molecule has 47 heavy (non-hydrogen) atoms.